The van der Waals surface area contributed by atoms with Crippen molar-refractivity contribution in [3.8, 4) is 0 Å². The summed E-state index contributed by atoms with van der Waals surface area (Å²) in [6, 6.07) is 6.23. The molecule has 0 radical (unpaired) electrons. The quantitative estimate of drug-likeness (QED) is 0.914. The number of rotatable bonds is 4. The van der Waals surface area contributed by atoms with Crippen LogP contribution in [0.5, 0.6) is 0 Å². The first-order valence-corrected chi connectivity index (χ1v) is 7.60. The van der Waals surface area contributed by atoms with Crippen LogP contribution < -0.4 is 0 Å². The van der Waals surface area contributed by atoms with Crippen molar-refractivity contribution in [1.29, 1.82) is 0 Å². The topological polar surface area (TPSA) is 23.5 Å². The van der Waals surface area contributed by atoms with E-state index in [1.807, 2.05) is 6.07 Å². The smallest absolute Gasteiger partial charge is 0.0549 e. The third-order valence-electron chi connectivity index (χ3n) is 4.27. The third kappa shape index (κ3) is 3.25. The van der Waals surface area contributed by atoms with Crippen molar-refractivity contribution in [3.05, 3.63) is 40.9 Å². The number of benzene rings is 1. The minimum absolute atomic E-state index is 0.00447. The lowest BCUT2D eigenvalue weighted by molar-refractivity contribution is 0.0721. The van der Waals surface area contributed by atoms with Crippen LogP contribution >= 0.6 is 11.6 Å². The molecule has 1 aromatic rings. The maximum absolute atomic E-state index is 10.1. The highest BCUT2D eigenvalue weighted by atomic mass is 35.5. The monoisotopic (exact) mass is 293 g/mol. The van der Waals surface area contributed by atoms with Gasteiger partial charge in [-0.1, -0.05) is 36.4 Å². The number of halogens is 1. The Hall–Kier alpha value is -0.830. The predicted octanol–water partition coefficient (Wildman–Crippen LogP) is 3.72. The minimum Gasteiger partial charge on any atom is -0.393 e. The Morgan fingerprint density at radius 1 is 1.50 bits per heavy atom. The van der Waals surface area contributed by atoms with Crippen molar-refractivity contribution < 1.29 is 5.11 Å². The molecule has 2 nitrogen and oxygen atoms in total. The van der Waals surface area contributed by atoms with Gasteiger partial charge in [0.05, 0.1) is 6.10 Å². The van der Waals surface area contributed by atoms with Crippen LogP contribution in [-0.2, 0) is 5.41 Å². The van der Waals surface area contributed by atoms with E-state index >= 15 is 0 Å². The predicted molar refractivity (Wildman–Crippen MR) is 86.2 cm³/mol. The van der Waals surface area contributed by atoms with Crippen molar-refractivity contribution in [3.63, 3.8) is 0 Å². The zero-order valence-electron chi connectivity index (χ0n) is 12.4. The number of aliphatic hydroxyl groups is 1. The molecule has 1 aromatic carbocycles. The number of likely N-dealkylation sites (N-methyl/N-ethyl adjacent to an activating group) is 1. The molecule has 0 aromatic heterocycles. The van der Waals surface area contributed by atoms with Crippen molar-refractivity contribution in [2.45, 2.75) is 37.2 Å². The molecule has 0 aliphatic heterocycles. The first-order valence-electron chi connectivity index (χ1n) is 7.22. The second kappa shape index (κ2) is 6.30. The SMILES string of the molecule is C=Cc1ccc(C2(CN(C)C)CCCC(O)C2)cc1Cl. The summed E-state index contributed by atoms with van der Waals surface area (Å²) in [7, 11) is 4.17. The lowest BCUT2D eigenvalue weighted by Crippen LogP contribution is -2.43. The average Bonchev–Trinajstić information content (AvgIpc) is 2.37. The second-order valence-electron chi connectivity index (χ2n) is 6.21. The van der Waals surface area contributed by atoms with E-state index in [1.165, 1.54) is 5.56 Å². The second-order valence-corrected chi connectivity index (χ2v) is 6.62. The van der Waals surface area contributed by atoms with Crippen LogP contribution in [-0.4, -0.2) is 36.8 Å². The van der Waals surface area contributed by atoms with E-state index in [2.05, 4.69) is 37.7 Å². The summed E-state index contributed by atoms with van der Waals surface area (Å²) in [4.78, 5) is 2.20. The number of nitrogens with zero attached hydrogens (tertiary/aromatic N) is 1. The molecule has 0 bridgehead atoms. The molecule has 0 amide bonds. The van der Waals surface area contributed by atoms with Crippen LogP contribution in [0.1, 0.15) is 36.8 Å². The maximum atomic E-state index is 10.1. The maximum Gasteiger partial charge on any atom is 0.0549 e. The summed E-state index contributed by atoms with van der Waals surface area (Å²) in [6.07, 6.45) is 5.46. The summed E-state index contributed by atoms with van der Waals surface area (Å²) in [5, 5.41) is 10.9. The highest BCUT2D eigenvalue weighted by molar-refractivity contribution is 6.32. The van der Waals surface area contributed by atoms with E-state index in [-0.39, 0.29) is 11.5 Å². The molecule has 3 heteroatoms. The van der Waals surface area contributed by atoms with Gasteiger partial charge in [-0.25, -0.2) is 0 Å². The third-order valence-corrected chi connectivity index (χ3v) is 4.60. The standard InChI is InChI=1S/C17H24ClNO/c1-4-13-7-8-14(10-16(13)18)17(12-19(2)3)9-5-6-15(20)11-17/h4,7-8,10,15,20H,1,5-6,9,11-12H2,2-3H3. The molecular formula is C17H24ClNO. The molecule has 1 fully saturated rings. The summed E-state index contributed by atoms with van der Waals surface area (Å²) < 4.78 is 0. The lowest BCUT2D eigenvalue weighted by atomic mass is 9.68. The van der Waals surface area contributed by atoms with E-state index in [0.717, 1.165) is 42.8 Å². The molecule has 1 aliphatic carbocycles. The zero-order valence-corrected chi connectivity index (χ0v) is 13.2. The van der Waals surface area contributed by atoms with E-state index in [4.69, 9.17) is 11.6 Å². The molecule has 0 saturated heterocycles. The van der Waals surface area contributed by atoms with E-state index < -0.39 is 0 Å². The molecule has 1 N–H and O–H groups in total. The van der Waals surface area contributed by atoms with Gasteiger partial charge in [0.2, 0.25) is 0 Å². The number of hydrogen-bond acceptors (Lipinski definition) is 2. The zero-order chi connectivity index (χ0) is 14.8. The van der Waals surface area contributed by atoms with Gasteiger partial charge in [0.15, 0.2) is 0 Å². The summed E-state index contributed by atoms with van der Waals surface area (Å²) >= 11 is 6.34. The Morgan fingerprint density at radius 2 is 2.25 bits per heavy atom. The highest BCUT2D eigenvalue weighted by Crippen LogP contribution is 2.41. The number of aliphatic hydroxyl groups excluding tert-OH is 1. The molecule has 1 aliphatic rings. The molecule has 2 rings (SSSR count). The van der Waals surface area contributed by atoms with Crippen LogP contribution in [0.15, 0.2) is 24.8 Å². The van der Waals surface area contributed by atoms with Crippen molar-refractivity contribution in [1.82, 2.24) is 4.90 Å². The van der Waals surface area contributed by atoms with Crippen molar-refractivity contribution in [2.24, 2.45) is 0 Å². The van der Waals surface area contributed by atoms with Crippen LogP contribution in [0.3, 0.4) is 0 Å². The van der Waals surface area contributed by atoms with Crippen molar-refractivity contribution >= 4 is 17.7 Å². The van der Waals surface area contributed by atoms with Gasteiger partial charge in [-0.15, -0.1) is 0 Å². The molecule has 110 valence electrons. The van der Waals surface area contributed by atoms with Gasteiger partial charge in [0.1, 0.15) is 0 Å². The minimum atomic E-state index is -0.207. The first kappa shape index (κ1) is 15.6. The Morgan fingerprint density at radius 3 is 2.80 bits per heavy atom. The largest absolute Gasteiger partial charge is 0.393 e. The van der Waals surface area contributed by atoms with Gasteiger partial charge in [-0.2, -0.15) is 0 Å². The molecule has 20 heavy (non-hydrogen) atoms. The Kier molecular flexibility index (Phi) is 4.90. The van der Waals surface area contributed by atoms with Crippen molar-refractivity contribution in [2.75, 3.05) is 20.6 Å². The number of hydrogen-bond donors (Lipinski definition) is 1. The molecule has 2 atom stereocenters. The van der Waals surface area contributed by atoms with Crippen LogP contribution in [0, 0.1) is 0 Å². The van der Waals surface area contributed by atoms with Crippen LogP contribution in [0.4, 0.5) is 0 Å². The fourth-order valence-electron chi connectivity index (χ4n) is 3.46. The molecule has 2 unspecified atom stereocenters. The average molecular weight is 294 g/mol. The molecular weight excluding hydrogens is 270 g/mol. The lowest BCUT2D eigenvalue weighted by Gasteiger charge is -2.42. The van der Waals surface area contributed by atoms with Crippen LogP contribution in [0.25, 0.3) is 6.08 Å². The highest BCUT2D eigenvalue weighted by Gasteiger charge is 2.38. The molecule has 0 spiro atoms. The normalized spacial score (nSPS) is 26.8. The van der Waals surface area contributed by atoms with Gasteiger partial charge in [0.25, 0.3) is 0 Å². The van der Waals surface area contributed by atoms with E-state index in [1.54, 1.807) is 6.08 Å². The van der Waals surface area contributed by atoms with Gasteiger partial charge >= 0.3 is 0 Å². The van der Waals surface area contributed by atoms with Crippen LogP contribution in [0.2, 0.25) is 5.02 Å². The summed E-state index contributed by atoms with van der Waals surface area (Å²) in [5.41, 5.74) is 2.21. The van der Waals surface area contributed by atoms with E-state index in [9.17, 15) is 5.11 Å². The van der Waals surface area contributed by atoms with E-state index in [0.29, 0.717) is 0 Å². The fraction of sp³-hybridized carbons (Fsp3) is 0.529. The molecule has 1 saturated carbocycles. The van der Waals surface area contributed by atoms with Gasteiger partial charge in [0, 0.05) is 17.0 Å². The fourth-order valence-corrected chi connectivity index (χ4v) is 3.71. The Balaban J connectivity index is 2.40. The summed E-state index contributed by atoms with van der Waals surface area (Å²) in [5.74, 6) is 0. The Labute approximate surface area is 127 Å². The molecule has 0 heterocycles. The van der Waals surface area contributed by atoms with Gasteiger partial charge in [-0.3, -0.25) is 0 Å². The Bertz CT molecular complexity index is 482. The van der Waals surface area contributed by atoms with Gasteiger partial charge < -0.3 is 10.0 Å². The first-order chi connectivity index (χ1) is 9.47. The van der Waals surface area contributed by atoms with Gasteiger partial charge in [-0.05, 0) is 57.0 Å². The summed E-state index contributed by atoms with van der Waals surface area (Å²) in [6.45, 7) is 4.72.